The molecule has 16 heavy (non-hydrogen) atoms. The Hall–Kier alpha value is -0.570. The average Bonchev–Trinajstić information content (AvgIpc) is 2.13. The summed E-state index contributed by atoms with van der Waals surface area (Å²) in [5.74, 6) is 0.847. The van der Waals surface area contributed by atoms with Gasteiger partial charge in [0, 0.05) is 24.4 Å². The predicted octanol–water partition coefficient (Wildman–Crippen LogP) is 1.34. The van der Waals surface area contributed by atoms with Crippen LogP contribution in [-0.2, 0) is 4.79 Å². The molecule has 1 spiro atoms. The number of hydrogen-bond acceptors (Lipinski definition) is 2. The summed E-state index contributed by atoms with van der Waals surface area (Å²) in [6.45, 7) is 4.53. The SMILES string of the molecule is CN1CCC2(CC1)CN(C(=O)C1CCC1)C2. The first-order valence-corrected chi connectivity index (χ1v) is 6.66. The zero-order valence-corrected chi connectivity index (χ0v) is 10.2. The van der Waals surface area contributed by atoms with Crippen LogP contribution in [0.4, 0.5) is 0 Å². The topological polar surface area (TPSA) is 23.6 Å². The van der Waals surface area contributed by atoms with E-state index in [0.717, 1.165) is 25.9 Å². The number of likely N-dealkylation sites (tertiary alicyclic amines) is 2. The van der Waals surface area contributed by atoms with Gasteiger partial charge in [-0.1, -0.05) is 6.42 Å². The fourth-order valence-corrected chi connectivity index (χ4v) is 3.24. The summed E-state index contributed by atoms with van der Waals surface area (Å²) >= 11 is 0. The molecule has 3 fully saturated rings. The van der Waals surface area contributed by atoms with Gasteiger partial charge in [0.1, 0.15) is 0 Å². The summed E-state index contributed by atoms with van der Waals surface area (Å²) in [7, 11) is 2.20. The molecule has 1 saturated carbocycles. The lowest BCUT2D eigenvalue weighted by Crippen LogP contribution is -2.62. The highest BCUT2D eigenvalue weighted by molar-refractivity contribution is 5.80. The first-order valence-electron chi connectivity index (χ1n) is 6.66. The van der Waals surface area contributed by atoms with Crippen LogP contribution in [0.15, 0.2) is 0 Å². The van der Waals surface area contributed by atoms with E-state index in [4.69, 9.17) is 0 Å². The summed E-state index contributed by atoms with van der Waals surface area (Å²) in [5, 5.41) is 0. The van der Waals surface area contributed by atoms with Gasteiger partial charge in [-0.2, -0.15) is 0 Å². The molecule has 2 saturated heterocycles. The standard InChI is InChI=1S/C13H22N2O/c1-14-7-5-13(6-8-14)9-15(10-13)12(16)11-3-2-4-11/h11H,2-10H2,1H3. The Morgan fingerprint density at radius 3 is 2.31 bits per heavy atom. The van der Waals surface area contributed by atoms with Crippen molar-refractivity contribution in [2.24, 2.45) is 11.3 Å². The van der Waals surface area contributed by atoms with Gasteiger partial charge < -0.3 is 9.80 Å². The van der Waals surface area contributed by atoms with Gasteiger partial charge in [-0.25, -0.2) is 0 Å². The second kappa shape index (κ2) is 3.73. The first-order chi connectivity index (χ1) is 7.69. The monoisotopic (exact) mass is 222 g/mol. The Bertz CT molecular complexity index is 282. The van der Waals surface area contributed by atoms with E-state index in [-0.39, 0.29) is 0 Å². The van der Waals surface area contributed by atoms with Gasteiger partial charge >= 0.3 is 0 Å². The number of amides is 1. The van der Waals surface area contributed by atoms with Crippen molar-refractivity contribution in [3.63, 3.8) is 0 Å². The molecule has 90 valence electrons. The fraction of sp³-hybridized carbons (Fsp3) is 0.923. The Morgan fingerprint density at radius 1 is 1.19 bits per heavy atom. The minimum atomic E-state index is 0.392. The molecule has 0 unspecified atom stereocenters. The number of rotatable bonds is 1. The van der Waals surface area contributed by atoms with E-state index < -0.39 is 0 Å². The predicted molar refractivity (Wildman–Crippen MR) is 63.1 cm³/mol. The molecule has 0 radical (unpaired) electrons. The lowest BCUT2D eigenvalue weighted by atomic mass is 9.71. The van der Waals surface area contributed by atoms with Crippen LogP contribution in [0.5, 0.6) is 0 Å². The number of hydrogen-bond donors (Lipinski definition) is 0. The normalized spacial score (nSPS) is 29.9. The lowest BCUT2D eigenvalue weighted by molar-refractivity contribution is -0.153. The molecule has 0 atom stereocenters. The van der Waals surface area contributed by atoms with Crippen molar-refractivity contribution in [2.75, 3.05) is 33.2 Å². The molecule has 2 aliphatic heterocycles. The van der Waals surface area contributed by atoms with Crippen molar-refractivity contribution < 1.29 is 4.79 Å². The van der Waals surface area contributed by atoms with E-state index in [9.17, 15) is 4.79 Å². The largest absolute Gasteiger partial charge is 0.341 e. The van der Waals surface area contributed by atoms with Crippen LogP contribution >= 0.6 is 0 Å². The van der Waals surface area contributed by atoms with Gasteiger partial charge in [0.2, 0.25) is 5.91 Å². The molecular formula is C13H22N2O. The maximum absolute atomic E-state index is 12.0. The molecular weight excluding hydrogens is 200 g/mol. The highest BCUT2D eigenvalue weighted by atomic mass is 16.2. The number of carbonyl (C=O) groups is 1. The highest BCUT2D eigenvalue weighted by Gasteiger charge is 2.47. The van der Waals surface area contributed by atoms with Gasteiger partial charge in [0.05, 0.1) is 0 Å². The third-order valence-corrected chi connectivity index (χ3v) is 4.87. The van der Waals surface area contributed by atoms with Crippen molar-refractivity contribution in [3.8, 4) is 0 Å². The molecule has 3 nitrogen and oxygen atoms in total. The van der Waals surface area contributed by atoms with Crippen molar-refractivity contribution >= 4 is 5.91 Å². The van der Waals surface area contributed by atoms with Crippen LogP contribution in [0.1, 0.15) is 32.1 Å². The molecule has 3 aliphatic rings. The van der Waals surface area contributed by atoms with Gasteiger partial charge in [0.15, 0.2) is 0 Å². The van der Waals surface area contributed by atoms with Crippen molar-refractivity contribution in [3.05, 3.63) is 0 Å². The smallest absolute Gasteiger partial charge is 0.225 e. The summed E-state index contributed by atoms with van der Waals surface area (Å²) in [6, 6.07) is 0. The van der Waals surface area contributed by atoms with Crippen molar-refractivity contribution in [2.45, 2.75) is 32.1 Å². The van der Waals surface area contributed by atoms with E-state index >= 15 is 0 Å². The van der Waals surface area contributed by atoms with Crippen molar-refractivity contribution in [1.82, 2.24) is 9.80 Å². The maximum Gasteiger partial charge on any atom is 0.225 e. The summed E-state index contributed by atoms with van der Waals surface area (Å²) in [6.07, 6.45) is 6.13. The van der Waals surface area contributed by atoms with Crippen LogP contribution in [-0.4, -0.2) is 48.9 Å². The quantitative estimate of drug-likeness (QED) is 0.668. The number of carbonyl (C=O) groups excluding carboxylic acids is 1. The Kier molecular flexibility index (Phi) is 2.46. The minimum Gasteiger partial charge on any atom is -0.341 e. The summed E-state index contributed by atoms with van der Waals surface area (Å²) in [5.41, 5.74) is 0.506. The molecule has 2 heterocycles. The zero-order valence-electron chi connectivity index (χ0n) is 10.2. The van der Waals surface area contributed by atoms with E-state index in [2.05, 4.69) is 16.8 Å². The summed E-state index contributed by atoms with van der Waals surface area (Å²) < 4.78 is 0. The molecule has 3 heteroatoms. The third-order valence-electron chi connectivity index (χ3n) is 4.87. The average molecular weight is 222 g/mol. The van der Waals surface area contributed by atoms with Crippen LogP contribution < -0.4 is 0 Å². The number of piperidine rings is 1. The van der Waals surface area contributed by atoms with E-state index in [0.29, 0.717) is 17.2 Å². The first kappa shape index (κ1) is 10.6. The summed E-state index contributed by atoms with van der Waals surface area (Å²) in [4.78, 5) is 16.5. The molecule has 1 amide bonds. The molecule has 0 aromatic heterocycles. The van der Waals surface area contributed by atoms with E-state index in [1.165, 1.54) is 32.4 Å². The van der Waals surface area contributed by atoms with Gasteiger partial charge in [-0.05, 0) is 45.8 Å². The van der Waals surface area contributed by atoms with Crippen LogP contribution in [0.2, 0.25) is 0 Å². The van der Waals surface area contributed by atoms with Gasteiger partial charge in [0.25, 0.3) is 0 Å². The fourth-order valence-electron chi connectivity index (χ4n) is 3.24. The second-order valence-electron chi connectivity index (χ2n) is 6.13. The number of nitrogens with zero attached hydrogens (tertiary/aromatic N) is 2. The maximum atomic E-state index is 12.0. The van der Waals surface area contributed by atoms with E-state index in [1.54, 1.807) is 0 Å². The third kappa shape index (κ3) is 1.65. The second-order valence-corrected chi connectivity index (χ2v) is 6.13. The molecule has 0 N–H and O–H groups in total. The Morgan fingerprint density at radius 2 is 1.81 bits per heavy atom. The molecule has 1 aliphatic carbocycles. The van der Waals surface area contributed by atoms with Gasteiger partial charge in [-0.15, -0.1) is 0 Å². The van der Waals surface area contributed by atoms with Gasteiger partial charge in [-0.3, -0.25) is 4.79 Å². The Balaban J connectivity index is 1.51. The molecule has 0 aromatic rings. The zero-order chi connectivity index (χ0) is 11.2. The van der Waals surface area contributed by atoms with Crippen LogP contribution in [0.25, 0.3) is 0 Å². The van der Waals surface area contributed by atoms with Crippen LogP contribution in [0, 0.1) is 11.3 Å². The molecule has 3 rings (SSSR count). The van der Waals surface area contributed by atoms with Crippen LogP contribution in [0.3, 0.4) is 0 Å². The Labute approximate surface area is 97.8 Å². The lowest BCUT2D eigenvalue weighted by Gasteiger charge is -2.54. The molecule has 0 aromatic carbocycles. The highest BCUT2D eigenvalue weighted by Crippen LogP contribution is 2.42. The minimum absolute atomic E-state index is 0.392. The van der Waals surface area contributed by atoms with E-state index in [1.807, 2.05) is 0 Å². The van der Waals surface area contributed by atoms with Crippen molar-refractivity contribution in [1.29, 1.82) is 0 Å². The molecule has 0 bridgehead atoms.